The van der Waals surface area contributed by atoms with E-state index in [2.05, 4.69) is 90.6 Å². The summed E-state index contributed by atoms with van der Waals surface area (Å²) in [4.78, 5) is 0. The molecule has 1 nitrogen and oxygen atoms in total. The predicted molar refractivity (Wildman–Crippen MR) is 88.8 cm³/mol. The zero-order valence-corrected chi connectivity index (χ0v) is 15.8. The van der Waals surface area contributed by atoms with Crippen molar-refractivity contribution in [3.05, 3.63) is 31.8 Å². The molecule has 4 heteroatoms. The van der Waals surface area contributed by atoms with Gasteiger partial charge in [-0.3, -0.25) is 0 Å². The van der Waals surface area contributed by atoms with Gasteiger partial charge in [0, 0.05) is 8.04 Å². The standard InChI is InChI=1S/C13H20BrIOSi/c1-13(2,3)17(4,5)16-9-10-6-11(14)8-12(15)7-10/h6-8H,9H2,1-5H3. The summed E-state index contributed by atoms with van der Waals surface area (Å²) >= 11 is 5.86. The molecule has 0 aliphatic heterocycles. The van der Waals surface area contributed by atoms with Gasteiger partial charge >= 0.3 is 0 Å². The third-order valence-electron chi connectivity index (χ3n) is 3.33. The second kappa shape index (κ2) is 5.71. The summed E-state index contributed by atoms with van der Waals surface area (Å²) in [6, 6.07) is 6.42. The largest absolute Gasteiger partial charge is 0.413 e. The van der Waals surface area contributed by atoms with Gasteiger partial charge in [0.15, 0.2) is 8.32 Å². The van der Waals surface area contributed by atoms with Crippen LogP contribution in [0.15, 0.2) is 22.7 Å². The van der Waals surface area contributed by atoms with Crippen molar-refractivity contribution in [1.29, 1.82) is 0 Å². The molecule has 0 aromatic heterocycles. The Labute approximate surface area is 128 Å². The molecule has 1 aromatic rings. The Hall–Kier alpha value is 0.607. The van der Waals surface area contributed by atoms with Gasteiger partial charge in [-0.2, -0.15) is 0 Å². The Morgan fingerprint density at radius 3 is 2.29 bits per heavy atom. The molecule has 0 saturated carbocycles. The average molecular weight is 427 g/mol. The maximum absolute atomic E-state index is 6.20. The van der Waals surface area contributed by atoms with Crippen molar-refractivity contribution in [2.45, 2.75) is 45.5 Å². The average Bonchev–Trinajstić information content (AvgIpc) is 2.11. The van der Waals surface area contributed by atoms with Crippen molar-refractivity contribution in [1.82, 2.24) is 0 Å². The van der Waals surface area contributed by atoms with E-state index in [1.54, 1.807) is 0 Å². The summed E-state index contributed by atoms with van der Waals surface area (Å²) in [5, 5.41) is 0.270. The zero-order chi connectivity index (χ0) is 13.3. The number of halogens is 2. The van der Waals surface area contributed by atoms with E-state index in [0.29, 0.717) is 6.61 Å². The highest BCUT2D eigenvalue weighted by Gasteiger charge is 2.36. The number of benzene rings is 1. The summed E-state index contributed by atoms with van der Waals surface area (Å²) in [6.45, 7) is 12.1. The minimum Gasteiger partial charge on any atom is -0.413 e. The zero-order valence-electron chi connectivity index (χ0n) is 11.1. The van der Waals surface area contributed by atoms with Gasteiger partial charge in [-0.25, -0.2) is 0 Å². The third kappa shape index (κ3) is 4.65. The molecule has 0 unspecified atom stereocenters. The van der Waals surface area contributed by atoms with E-state index < -0.39 is 8.32 Å². The molecule has 0 amide bonds. The van der Waals surface area contributed by atoms with Crippen LogP contribution in [-0.4, -0.2) is 8.32 Å². The molecule has 0 aliphatic rings. The van der Waals surface area contributed by atoms with E-state index in [1.165, 1.54) is 9.13 Å². The van der Waals surface area contributed by atoms with Gasteiger partial charge in [-0.1, -0.05) is 36.7 Å². The SMILES string of the molecule is CC(C)(C)[Si](C)(C)OCc1cc(Br)cc(I)c1. The van der Waals surface area contributed by atoms with Crippen molar-refractivity contribution in [2.24, 2.45) is 0 Å². The number of hydrogen-bond donors (Lipinski definition) is 0. The summed E-state index contributed by atoms with van der Waals surface area (Å²) < 4.78 is 8.57. The van der Waals surface area contributed by atoms with Crippen LogP contribution in [0.25, 0.3) is 0 Å². The van der Waals surface area contributed by atoms with Crippen molar-refractivity contribution < 1.29 is 4.43 Å². The molecule has 1 aromatic carbocycles. The Kier molecular flexibility index (Phi) is 5.26. The highest BCUT2D eigenvalue weighted by atomic mass is 127. The molecule has 0 radical (unpaired) electrons. The fourth-order valence-electron chi connectivity index (χ4n) is 1.17. The molecule has 0 bridgehead atoms. The van der Waals surface area contributed by atoms with Crippen LogP contribution in [-0.2, 0) is 11.0 Å². The molecular weight excluding hydrogens is 407 g/mol. The van der Waals surface area contributed by atoms with Gasteiger partial charge in [0.05, 0.1) is 6.61 Å². The van der Waals surface area contributed by atoms with Gasteiger partial charge in [0.25, 0.3) is 0 Å². The van der Waals surface area contributed by atoms with Gasteiger partial charge < -0.3 is 4.43 Å². The molecule has 0 aliphatic carbocycles. The Morgan fingerprint density at radius 1 is 1.24 bits per heavy atom. The van der Waals surface area contributed by atoms with Gasteiger partial charge in [0.1, 0.15) is 0 Å². The molecule has 0 fully saturated rings. The van der Waals surface area contributed by atoms with E-state index >= 15 is 0 Å². The van der Waals surface area contributed by atoms with Crippen molar-refractivity contribution >= 4 is 46.8 Å². The van der Waals surface area contributed by atoms with Crippen LogP contribution in [0.2, 0.25) is 18.1 Å². The topological polar surface area (TPSA) is 9.23 Å². The molecule has 0 heterocycles. The van der Waals surface area contributed by atoms with Crippen LogP contribution in [0.3, 0.4) is 0 Å². The number of rotatable bonds is 3. The van der Waals surface area contributed by atoms with E-state index in [-0.39, 0.29) is 5.04 Å². The van der Waals surface area contributed by atoms with Crippen LogP contribution >= 0.6 is 38.5 Å². The molecule has 96 valence electrons. The van der Waals surface area contributed by atoms with Gasteiger partial charge in [-0.05, 0) is 64.5 Å². The first-order chi connectivity index (χ1) is 7.62. The molecule has 17 heavy (non-hydrogen) atoms. The van der Waals surface area contributed by atoms with E-state index in [1.807, 2.05) is 0 Å². The summed E-state index contributed by atoms with van der Waals surface area (Å²) in [7, 11) is -1.64. The fraction of sp³-hybridized carbons (Fsp3) is 0.538. The minimum atomic E-state index is -1.64. The van der Waals surface area contributed by atoms with Crippen LogP contribution < -0.4 is 0 Å². The second-order valence-electron chi connectivity index (χ2n) is 5.83. The molecule has 0 atom stereocenters. The normalized spacial score (nSPS) is 12.9. The van der Waals surface area contributed by atoms with Crippen molar-refractivity contribution in [3.63, 3.8) is 0 Å². The molecule has 0 spiro atoms. The van der Waals surface area contributed by atoms with Crippen LogP contribution in [0.4, 0.5) is 0 Å². The molecule has 0 N–H and O–H groups in total. The summed E-state index contributed by atoms with van der Waals surface area (Å²) in [5.74, 6) is 0. The quantitative estimate of drug-likeness (QED) is 0.453. The lowest BCUT2D eigenvalue weighted by Gasteiger charge is -2.36. The smallest absolute Gasteiger partial charge is 0.192 e. The fourth-order valence-corrected chi connectivity index (χ4v) is 3.84. The highest BCUT2D eigenvalue weighted by molar-refractivity contribution is 14.1. The Morgan fingerprint density at radius 2 is 1.82 bits per heavy atom. The van der Waals surface area contributed by atoms with Crippen molar-refractivity contribution in [2.75, 3.05) is 0 Å². The molecule has 0 saturated heterocycles. The first-order valence-electron chi connectivity index (χ1n) is 5.71. The monoisotopic (exact) mass is 426 g/mol. The summed E-state index contributed by atoms with van der Waals surface area (Å²) in [6.07, 6.45) is 0. The predicted octanol–water partition coefficient (Wildman–Crippen LogP) is 5.58. The van der Waals surface area contributed by atoms with E-state index in [9.17, 15) is 0 Å². The van der Waals surface area contributed by atoms with Crippen molar-refractivity contribution in [3.8, 4) is 0 Å². The lowest BCUT2D eigenvalue weighted by Crippen LogP contribution is -2.40. The van der Waals surface area contributed by atoms with Crippen LogP contribution in [0.1, 0.15) is 26.3 Å². The Bertz CT molecular complexity index is 379. The minimum absolute atomic E-state index is 0.270. The lowest BCUT2D eigenvalue weighted by molar-refractivity contribution is 0.276. The third-order valence-corrected chi connectivity index (χ3v) is 8.89. The van der Waals surface area contributed by atoms with E-state index in [4.69, 9.17) is 4.43 Å². The maximum atomic E-state index is 6.20. The van der Waals surface area contributed by atoms with Crippen LogP contribution in [0, 0.1) is 3.57 Å². The second-order valence-corrected chi connectivity index (χ2v) is 12.8. The highest BCUT2D eigenvalue weighted by Crippen LogP contribution is 2.37. The maximum Gasteiger partial charge on any atom is 0.192 e. The lowest BCUT2D eigenvalue weighted by atomic mass is 10.2. The molecular formula is C13H20BrIOSi. The summed E-state index contributed by atoms with van der Waals surface area (Å²) in [5.41, 5.74) is 1.24. The van der Waals surface area contributed by atoms with Crippen LogP contribution in [0.5, 0.6) is 0 Å². The van der Waals surface area contributed by atoms with Gasteiger partial charge in [-0.15, -0.1) is 0 Å². The first-order valence-corrected chi connectivity index (χ1v) is 10.5. The molecule has 1 rings (SSSR count). The Balaban J connectivity index is 2.74. The first kappa shape index (κ1) is 15.7. The number of hydrogen-bond acceptors (Lipinski definition) is 1. The van der Waals surface area contributed by atoms with E-state index in [0.717, 1.165) is 4.47 Å². The van der Waals surface area contributed by atoms with Gasteiger partial charge in [0.2, 0.25) is 0 Å².